The van der Waals surface area contributed by atoms with E-state index in [1.54, 1.807) is 0 Å². The fourth-order valence-corrected chi connectivity index (χ4v) is 2.90. The Bertz CT molecular complexity index is 436. The fourth-order valence-electron chi connectivity index (χ4n) is 2.90. The number of hydrogen-bond donors (Lipinski definition) is 2. The maximum absolute atomic E-state index is 5.58. The monoisotopic (exact) mass is 280 g/mol. The summed E-state index contributed by atoms with van der Waals surface area (Å²) in [5.41, 5.74) is 0.753. The Morgan fingerprint density at radius 2 is 1.80 bits per heavy atom. The Morgan fingerprint density at radius 1 is 1.15 bits per heavy atom. The molecule has 1 saturated carbocycles. The average Bonchev–Trinajstić information content (AvgIpc) is 2.68. The standard InChI is InChI=1S/C15H28N4O/c1-10(2)7-16-9-12-18-19-13(20-12)17-8-11-14(3,4)15(11,5)6/h10-11,16H,7-9H2,1-6H3,(H,17,19). The summed E-state index contributed by atoms with van der Waals surface area (Å²) in [6.45, 7) is 16.1. The normalized spacial score (nSPS) is 20.4. The SMILES string of the molecule is CC(C)CNCc1nnc(NCC2C(C)(C)C2(C)C)o1. The highest BCUT2D eigenvalue weighted by molar-refractivity contribution is 5.22. The van der Waals surface area contributed by atoms with Gasteiger partial charge in [-0.2, -0.15) is 0 Å². The molecular formula is C15H28N4O. The summed E-state index contributed by atoms with van der Waals surface area (Å²) in [6.07, 6.45) is 0. The highest BCUT2D eigenvalue weighted by Crippen LogP contribution is 2.68. The number of rotatable bonds is 7. The molecule has 2 rings (SSSR count). The third-order valence-corrected chi connectivity index (χ3v) is 5.07. The van der Waals surface area contributed by atoms with Crippen LogP contribution >= 0.6 is 0 Å². The number of nitrogens with one attached hydrogen (secondary N) is 2. The zero-order chi connectivity index (χ0) is 15.0. The van der Waals surface area contributed by atoms with Crippen LogP contribution in [0.25, 0.3) is 0 Å². The maximum atomic E-state index is 5.58. The Balaban J connectivity index is 1.77. The van der Waals surface area contributed by atoms with Crippen molar-refractivity contribution in [2.24, 2.45) is 22.7 Å². The summed E-state index contributed by atoms with van der Waals surface area (Å²) in [7, 11) is 0. The van der Waals surface area contributed by atoms with Gasteiger partial charge >= 0.3 is 6.01 Å². The third-order valence-electron chi connectivity index (χ3n) is 5.07. The number of nitrogens with zero attached hydrogens (tertiary/aromatic N) is 2. The van der Waals surface area contributed by atoms with Crippen LogP contribution in [0.3, 0.4) is 0 Å². The van der Waals surface area contributed by atoms with Crippen LogP contribution in [0.4, 0.5) is 6.01 Å². The van der Waals surface area contributed by atoms with Gasteiger partial charge < -0.3 is 15.1 Å². The van der Waals surface area contributed by atoms with E-state index in [2.05, 4.69) is 62.4 Å². The second kappa shape index (κ2) is 5.35. The molecule has 1 aromatic heterocycles. The average molecular weight is 280 g/mol. The summed E-state index contributed by atoms with van der Waals surface area (Å²) in [6, 6.07) is 0.532. The van der Waals surface area contributed by atoms with E-state index >= 15 is 0 Å². The molecule has 5 nitrogen and oxygen atoms in total. The molecular weight excluding hydrogens is 252 g/mol. The molecule has 0 bridgehead atoms. The summed E-state index contributed by atoms with van der Waals surface area (Å²) in [5.74, 6) is 1.90. The van der Waals surface area contributed by atoms with Crippen molar-refractivity contribution in [3.63, 3.8) is 0 Å². The molecule has 0 aliphatic heterocycles. The van der Waals surface area contributed by atoms with Gasteiger partial charge in [-0.05, 0) is 29.2 Å². The van der Waals surface area contributed by atoms with Crippen LogP contribution in [0.15, 0.2) is 4.42 Å². The van der Waals surface area contributed by atoms with Crippen molar-refractivity contribution >= 4 is 6.01 Å². The molecule has 0 saturated heterocycles. The van der Waals surface area contributed by atoms with Crippen molar-refractivity contribution in [1.82, 2.24) is 15.5 Å². The lowest BCUT2D eigenvalue weighted by Crippen LogP contribution is -2.19. The second-order valence-corrected chi connectivity index (χ2v) is 7.40. The first-order valence-corrected chi connectivity index (χ1v) is 7.52. The van der Waals surface area contributed by atoms with E-state index in [4.69, 9.17) is 4.42 Å². The Hall–Kier alpha value is -1.10. The minimum atomic E-state index is 0.377. The van der Waals surface area contributed by atoms with Gasteiger partial charge in [0.15, 0.2) is 0 Å². The maximum Gasteiger partial charge on any atom is 0.315 e. The van der Waals surface area contributed by atoms with Gasteiger partial charge in [-0.25, -0.2) is 0 Å². The van der Waals surface area contributed by atoms with E-state index in [-0.39, 0.29) is 0 Å². The van der Waals surface area contributed by atoms with Gasteiger partial charge in [-0.1, -0.05) is 46.6 Å². The van der Waals surface area contributed by atoms with Crippen molar-refractivity contribution in [2.45, 2.75) is 48.1 Å². The van der Waals surface area contributed by atoms with Gasteiger partial charge in [0, 0.05) is 6.54 Å². The quantitative estimate of drug-likeness (QED) is 0.804. The van der Waals surface area contributed by atoms with E-state index in [1.807, 2.05) is 0 Å². The molecule has 2 N–H and O–H groups in total. The zero-order valence-corrected chi connectivity index (χ0v) is 13.6. The molecule has 1 aliphatic carbocycles. The lowest BCUT2D eigenvalue weighted by molar-refractivity contribution is 0.457. The van der Waals surface area contributed by atoms with Gasteiger partial charge in [0.2, 0.25) is 5.89 Å². The second-order valence-electron chi connectivity index (χ2n) is 7.40. The van der Waals surface area contributed by atoms with Gasteiger partial charge in [0.05, 0.1) is 6.54 Å². The molecule has 1 fully saturated rings. The molecule has 0 radical (unpaired) electrons. The minimum absolute atomic E-state index is 0.377. The summed E-state index contributed by atoms with van der Waals surface area (Å²) < 4.78 is 5.58. The number of hydrogen-bond acceptors (Lipinski definition) is 5. The van der Waals surface area contributed by atoms with Crippen LogP contribution in [0, 0.1) is 22.7 Å². The number of anilines is 1. The molecule has 0 spiro atoms. The van der Waals surface area contributed by atoms with Crippen molar-refractivity contribution in [1.29, 1.82) is 0 Å². The Labute approximate surface area is 121 Å². The predicted molar refractivity (Wildman–Crippen MR) is 80.4 cm³/mol. The van der Waals surface area contributed by atoms with Crippen LogP contribution in [-0.4, -0.2) is 23.3 Å². The molecule has 0 amide bonds. The molecule has 20 heavy (non-hydrogen) atoms. The number of aromatic nitrogens is 2. The summed E-state index contributed by atoms with van der Waals surface area (Å²) in [5, 5.41) is 14.6. The van der Waals surface area contributed by atoms with Crippen molar-refractivity contribution in [3.05, 3.63) is 5.89 Å². The highest BCUT2D eigenvalue weighted by Gasteiger charge is 2.64. The molecule has 114 valence electrons. The van der Waals surface area contributed by atoms with Crippen LogP contribution in [0.5, 0.6) is 0 Å². The van der Waals surface area contributed by atoms with E-state index in [0.29, 0.717) is 41.1 Å². The van der Waals surface area contributed by atoms with E-state index in [1.165, 1.54) is 0 Å². The van der Waals surface area contributed by atoms with Crippen molar-refractivity contribution < 1.29 is 4.42 Å². The molecule has 1 aromatic rings. The molecule has 1 aliphatic rings. The predicted octanol–water partition coefficient (Wildman–Crippen LogP) is 2.91. The first-order chi connectivity index (χ1) is 9.25. The smallest absolute Gasteiger partial charge is 0.315 e. The third kappa shape index (κ3) is 2.97. The molecule has 0 unspecified atom stereocenters. The zero-order valence-electron chi connectivity index (χ0n) is 13.6. The van der Waals surface area contributed by atoms with Gasteiger partial charge in [0.1, 0.15) is 0 Å². The van der Waals surface area contributed by atoms with Crippen molar-refractivity contribution in [2.75, 3.05) is 18.4 Å². The molecule has 0 atom stereocenters. The van der Waals surface area contributed by atoms with Crippen LogP contribution < -0.4 is 10.6 Å². The van der Waals surface area contributed by atoms with Crippen LogP contribution in [0.2, 0.25) is 0 Å². The fraction of sp³-hybridized carbons (Fsp3) is 0.867. The largest absolute Gasteiger partial charge is 0.407 e. The Kier molecular flexibility index (Phi) is 4.09. The topological polar surface area (TPSA) is 63.0 Å². The van der Waals surface area contributed by atoms with Crippen molar-refractivity contribution in [3.8, 4) is 0 Å². The minimum Gasteiger partial charge on any atom is -0.407 e. The van der Waals surface area contributed by atoms with Crippen LogP contribution in [0.1, 0.15) is 47.4 Å². The first kappa shape index (κ1) is 15.3. The summed E-state index contributed by atoms with van der Waals surface area (Å²) >= 11 is 0. The van der Waals surface area contributed by atoms with E-state index in [9.17, 15) is 0 Å². The van der Waals surface area contributed by atoms with Gasteiger partial charge in [-0.3, -0.25) is 0 Å². The van der Waals surface area contributed by atoms with E-state index < -0.39 is 0 Å². The van der Waals surface area contributed by atoms with E-state index in [0.717, 1.165) is 13.1 Å². The summed E-state index contributed by atoms with van der Waals surface area (Å²) in [4.78, 5) is 0. The molecule has 5 heteroatoms. The Morgan fingerprint density at radius 3 is 2.35 bits per heavy atom. The molecule has 0 aromatic carbocycles. The van der Waals surface area contributed by atoms with Gasteiger partial charge in [0.25, 0.3) is 0 Å². The first-order valence-electron chi connectivity index (χ1n) is 7.52. The lowest BCUT2D eigenvalue weighted by atomic mass is 10.0. The molecule has 1 heterocycles. The van der Waals surface area contributed by atoms with Crippen LogP contribution in [-0.2, 0) is 6.54 Å². The van der Waals surface area contributed by atoms with Gasteiger partial charge in [-0.15, -0.1) is 5.10 Å². The highest BCUT2D eigenvalue weighted by atomic mass is 16.4. The lowest BCUT2D eigenvalue weighted by Gasteiger charge is -2.04.